The van der Waals surface area contributed by atoms with Crippen molar-refractivity contribution in [3.05, 3.63) is 54.7 Å². The molecule has 0 aliphatic rings. The second-order valence-corrected chi connectivity index (χ2v) is 3.57. The molecule has 0 aliphatic carbocycles. The van der Waals surface area contributed by atoms with Gasteiger partial charge in [0, 0.05) is 6.20 Å². The smallest absolute Gasteiger partial charge is 0.182 e. The molecule has 2 heterocycles. The van der Waals surface area contributed by atoms with Gasteiger partial charge in [-0.25, -0.2) is 4.98 Å². The first-order chi connectivity index (χ1) is 8.43. The maximum atomic E-state index is 5.68. The summed E-state index contributed by atoms with van der Waals surface area (Å²) in [5, 5.41) is 0. The normalized spacial score (nSPS) is 10.6. The Bertz CT molecular complexity index is 619. The number of para-hydroxylation sites is 1. The van der Waals surface area contributed by atoms with Crippen LogP contribution in [0.2, 0.25) is 0 Å². The van der Waals surface area contributed by atoms with Crippen molar-refractivity contribution in [2.45, 2.75) is 6.61 Å². The van der Waals surface area contributed by atoms with Gasteiger partial charge in [0.15, 0.2) is 17.5 Å². The van der Waals surface area contributed by atoms with Gasteiger partial charge in [0.05, 0.1) is 5.69 Å². The van der Waals surface area contributed by atoms with Crippen LogP contribution < -0.4 is 4.74 Å². The summed E-state index contributed by atoms with van der Waals surface area (Å²) in [6.07, 6.45) is 3.16. The highest BCUT2D eigenvalue weighted by Crippen LogP contribution is 2.24. The number of benzene rings is 1. The fourth-order valence-corrected chi connectivity index (χ4v) is 1.61. The largest absolute Gasteiger partial charge is 0.485 e. The molecule has 0 spiro atoms. The number of rotatable bonds is 3. The van der Waals surface area contributed by atoms with E-state index in [9.17, 15) is 0 Å². The van der Waals surface area contributed by atoms with Crippen molar-refractivity contribution in [3.63, 3.8) is 0 Å². The summed E-state index contributed by atoms with van der Waals surface area (Å²) >= 11 is 0. The minimum absolute atomic E-state index is 0.423. The van der Waals surface area contributed by atoms with Crippen molar-refractivity contribution in [1.29, 1.82) is 0 Å². The maximum absolute atomic E-state index is 5.68. The standard InChI is InChI=1S/C13H10N2O2/c1-2-7-14-10(4-1)8-16-11-5-3-6-12-13(11)15-9-17-12/h1-7,9H,8H2. The molecule has 3 aromatic rings. The topological polar surface area (TPSA) is 48.2 Å². The molecule has 0 atom stereocenters. The van der Waals surface area contributed by atoms with E-state index in [1.807, 2.05) is 36.4 Å². The van der Waals surface area contributed by atoms with E-state index in [1.165, 1.54) is 6.39 Å². The predicted octanol–water partition coefficient (Wildman–Crippen LogP) is 2.80. The van der Waals surface area contributed by atoms with E-state index < -0.39 is 0 Å². The van der Waals surface area contributed by atoms with Crippen molar-refractivity contribution in [1.82, 2.24) is 9.97 Å². The van der Waals surface area contributed by atoms with E-state index in [-0.39, 0.29) is 0 Å². The fourth-order valence-electron chi connectivity index (χ4n) is 1.61. The first-order valence-electron chi connectivity index (χ1n) is 5.28. The number of fused-ring (bicyclic) bond motifs is 1. The lowest BCUT2D eigenvalue weighted by atomic mass is 10.3. The quantitative estimate of drug-likeness (QED) is 0.689. The van der Waals surface area contributed by atoms with Gasteiger partial charge in [0.1, 0.15) is 12.4 Å². The van der Waals surface area contributed by atoms with Gasteiger partial charge >= 0.3 is 0 Å². The van der Waals surface area contributed by atoms with E-state index in [1.54, 1.807) is 6.20 Å². The van der Waals surface area contributed by atoms with Crippen molar-refractivity contribution in [2.75, 3.05) is 0 Å². The number of nitrogens with zero attached hydrogens (tertiary/aromatic N) is 2. The molecule has 0 amide bonds. The molecule has 0 N–H and O–H groups in total. The Hall–Kier alpha value is -2.36. The number of hydrogen-bond acceptors (Lipinski definition) is 4. The van der Waals surface area contributed by atoms with Crippen molar-refractivity contribution in [2.24, 2.45) is 0 Å². The van der Waals surface area contributed by atoms with Gasteiger partial charge in [-0.05, 0) is 24.3 Å². The van der Waals surface area contributed by atoms with E-state index in [4.69, 9.17) is 9.15 Å². The second kappa shape index (κ2) is 4.25. The Labute approximate surface area is 97.9 Å². The summed E-state index contributed by atoms with van der Waals surface area (Å²) < 4.78 is 10.9. The van der Waals surface area contributed by atoms with E-state index >= 15 is 0 Å². The number of ether oxygens (including phenoxy) is 1. The molecule has 0 aliphatic heterocycles. The lowest BCUT2D eigenvalue weighted by Gasteiger charge is -2.05. The third-order valence-corrected chi connectivity index (χ3v) is 2.43. The third-order valence-electron chi connectivity index (χ3n) is 2.43. The molecule has 0 saturated heterocycles. The maximum Gasteiger partial charge on any atom is 0.182 e. The van der Waals surface area contributed by atoms with Crippen LogP contribution in [0.25, 0.3) is 11.1 Å². The molecule has 84 valence electrons. The number of aromatic nitrogens is 2. The first kappa shape index (κ1) is 9.84. The van der Waals surface area contributed by atoms with Gasteiger partial charge in [-0.1, -0.05) is 12.1 Å². The van der Waals surface area contributed by atoms with Crippen LogP contribution in [0.15, 0.2) is 53.4 Å². The summed E-state index contributed by atoms with van der Waals surface area (Å²) in [5.74, 6) is 0.710. The van der Waals surface area contributed by atoms with Gasteiger partial charge in [0.2, 0.25) is 0 Å². The molecule has 0 bridgehead atoms. The van der Waals surface area contributed by atoms with Crippen LogP contribution in [0.4, 0.5) is 0 Å². The van der Waals surface area contributed by atoms with Crippen LogP contribution in [0, 0.1) is 0 Å². The van der Waals surface area contributed by atoms with E-state index in [0.29, 0.717) is 12.4 Å². The van der Waals surface area contributed by atoms with Crippen LogP contribution in [-0.4, -0.2) is 9.97 Å². The number of pyridine rings is 1. The van der Waals surface area contributed by atoms with Gasteiger partial charge < -0.3 is 9.15 Å². The molecule has 0 unspecified atom stereocenters. The van der Waals surface area contributed by atoms with Crippen molar-refractivity contribution in [3.8, 4) is 5.75 Å². The molecule has 0 saturated carbocycles. The zero-order chi connectivity index (χ0) is 11.5. The highest BCUT2D eigenvalue weighted by molar-refractivity contribution is 5.79. The SMILES string of the molecule is c1ccc(COc2cccc3ocnc23)nc1. The molecule has 0 fully saturated rings. The third kappa shape index (κ3) is 1.97. The minimum Gasteiger partial charge on any atom is -0.485 e. The van der Waals surface area contributed by atoms with Crippen molar-refractivity contribution >= 4 is 11.1 Å². The Morgan fingerprint density at radius 3 is 2.94 bits per heavy atom. The molecular weight excluding hydrogens is 216 g/mol. The summed E-state index contributed by atoms with van der Waals surface area (Å²) in [7, 11) is 0. The Balaban J connectivity index is 1.84. The number of oxazole rings is 1. The summed E-state index contributed by atoms with van der Waals surface area (Å²) in [6.45, 7) is 0.423. The van der Waals surface area contributed by atoms with E-state index in [0.717, 1.165) is 16.8 Å². The zero-order valence-electron chi connectivity index (χ0n) is 9.04. The predicted molar refractivity (Wildman–Crippen MR) is 62.6 cm³/mol. The molecule has 4 nitrogen and oxygen atoms in total. The second-order valence-electron chi connectivity index (χ2n) is 3.57. The molecule has 3 rings (SSSR count). The molecule has 4 heteroatoms. The van der Waals surface area contributed by atoms with E-state index in [2.05, 4.69) is 9.97 Å². The lowest BCUT2D eigenvalue weighted by molar-refractivity contribution is 0.304. The van der Waals surface area contributed by atoms with Crippen LogP contribution >= 0.6 is 0 Å². The summed E-state index contributed by atoms with van der Waals surface area (Å²) in [6, 6.07) is 11.3. The molecule has 2 aromatic heterocycles. The van der Waals surface area contributed by atoms with Gasteiger partial charge in [0.25, 0.3) is 0 Å². The average Bonchev–Trinajstić information content (AvgIpc) is 2.86. The lowest BCUT2D eigenvalue weighted by Crippen LogP contribution is -1.97. The highest BCUT2D eigenvalue weighted by Gasteiger charge is 2.05. The minimum atomic E-state index is 0.423. The zero-order valence-corrected chi connectivity index (χ0v) is 9.04. The number of hydrogen-bond donors (Lipinski definition) is 0. The Kier molecular flexibility index (Phi) is 2.46. The van der Waals surface area contributed by atoms with Gasteiger partial charge in [-0.2, -0.15) is 0 Å². The summed E-state index contributed by atoms with van der Waals surface area (Å²) in [5.41, 5.74) is 2.35. The molecular formula is C13H10N2O2. The monoisotopic (exact) mass is 226 g/mol. The molecule has 17 heavy (non-hydrogen) atoms. The van der Waals surface area contributed by atoms with Gasteiger partial charge in [-0.15, -0.1) is 0 Å². The van der Waals surface area contributed by atoms with Crippen LogP contribution in [0.3, 0.4) is 0 Å². The van der Waals surface area contributed by atoms with Crippen LogP contribution in [-0.2, 0) is 6.61 Å². The van der Waals surface area contributed by atoms with Crippen LogP contribution in [0.1, 0.15) is 5.69 Å². The highest BCUT2D eigenvalue weighted by atomic mass is 16.5. The van der Waals surface area contributed by atoms with Crippen molar-refractivity contribution < 1.29 is 9.15 Å². The Morgan fingerprint density at radius 2 is 2.06 bits per heavy atom. The molecule has 1 aromatic carbocycles. The summed E-state index contributed by atoms with van der Waals surface area (Å²) in [4.78, 5) is 8.31. The first-order valence-corrected chi connectivity index (χ1v) is 5.28. The average molecular weight is 226 g/mol. The van der Waals surface area contributed by atoms with Crippen LogP contribution in [0.5, 0.6) is 5.75 Å². The fraction of sp³-hybridized carbons (Fsp3) is 0.0769. The molecule has 0 radical (unpaired) electrons. The Morgan fingerprint density at radius 1 is 1.06 bits per heavy atom. The van der Waals surface area contributed by atoms with Gasteiger partial charge in [-0.3, -0.25) is 4.98 Å².